The van der Waals surface area contributed by atoms with Crippen molar-refractivity contribution in [3.63, 3.8) is 0 Å². The highest BCUT2D eigenvalue weighted by atomic mass is 79.9. The van der Waals surface area contributed by atoms with E-state index in [0.717, 1.165) is 10.2 Å². The highest BCUT2D eigenvalue weighted by molar-refractivity contribution is 9.10. The van der Waals surface area contributed by atoms with Crippen molar-refractivity contribution in [2.24, 2.45) is 5.73 Å². The summed E-state index contributed by atoms with van der Waals surface area (Å²) in [6, 6.07) is 5.99. The minimum absolute atomic E-state index is 0.301. The average Bonchev–Trinajstić information content (AvgIpc) is 2.88. The largest absolute Gasteiger partial charge is 0.480 e. The molecule has 1 heterocycles. The highest BCUT2D eigenvalue weighted by Crippen LogP contribution is 2.29. The van der Waals surface area contributed by atoms with E-state index in [1.807, 2.05) is 6.07 Å². The van der Waals surface area contributed by atoms with Crippen LogP contribution in [0.15, 0.2) is 28.1 Å². The van der Waals surface area contributed by atoms with Crippen LogP contribution in [0.25, 0.3) is 0 Å². The fraction of sp³-hybridized carbons (Fsp3) is 0.0833. The molecule has 0 amide bonds. The first kappa shape index (κ1) is 14.5. The Labute approximate surface area is 127 Å². The first-order chi connectivity index (χ1) is 9.51. The second kappa shape index (κ2) is 6.00. The first-order valence-corrected chi connectivity index (χ1v) is 7.09. The molecule has 0 aliphatic rings. The normalized spacial score (nSPS) is 11.7. The number of carboxylic acids is 1. The minimum atomic E-state index is -1.13. The maximum absolute atomic E-state index is 10.8. The number of nitrogens with one attached hydrogen (secondary N) is 1. The van der Waals surface area contributed by atoms with Gasteiger partial charge in [0.2, 0.25) is 0 Å². The van der Waals surface area contributed by atoms with Crippen LogP contribution in [-0.4, -0.2) is 16.1 Å². The van der Waals surface area contributed by atoms with Gasteiger partial charge >= 0.3 is 5.97 Å². The number of aliphatic carboxylic acids is 1. The van der Waals surface area contributed by atoms with Gasteiger partial charge in [-0.2, -0.15) is 5.26 Å². The molecule has 6 nitrogen and oxygen atoms in total. The number of nitrogens with zero attached hydrogens (tertiary/aromatic N) is 2. The Bertz CT molecular complexity index is 695. The number of halogens is 1. The van der Waals surface area contributed by atoms with E-state index in [0.29, 0.717) is 16.4 Å². The van der Waals surface area contributed by atoms with Gasteiger partial charge in [-0.25, -0.2) is 4.98 Å². The Morgan fingerprint density at radius 3 is 2.95 bits per heavy atom. The summed E-state index contributed by atoms with van der Waals surface area (Å²) < 4.78 is 0.718. The van der Waals surface area contributed by atoms with E-state index in [9.17, 15) is 4.79 Å². The molecule has 1 aromatic heterocycles. The molecule has 20 heavy (non-hydrogen) atoms. The number of benzene rings is 1. The van der Waals surface area contributed by atoms with E-state index in [1.54, 1.807) is 23.6 Å². The third kappa shape index (κ3) is 3.14. The number of thiazole rings is 1. The number of carbonyl (C=O) groups is 1. The Kier molecular flexibility index (Phi) is 4.34. The van der Waals surface area contributed by atoms with Gasteiger partial charge < -0.3 is 16.2 Å². The van der Waals surface area contributed by atoms with Crippen molar-refractivity contribution < 1.29 is 9.90 Å². The number of anilines is 2. The molecule has 2 rings (SSSR count). The maximum Gasteiger partial charge on any atom is 0.326 e. The van der Waals surface area contributed by atoms with Crippen molar-refractivity contribution in [1.29, 1.82) is 5.26 Å². The van der Waals surface area contributed by atoms with Crippen LogP contribution in [0.4, 0.5) is 10.8 Å². The van der Waals surface area contributed by atoms with E-state index in [4.69, 9.17) is 16.1 Å². The van der Waals surface area contributed by atoms with E-state index < -0.39 is 12.0 Å². The first-order valence-electron chi connectivity index (χ1n) is 5.41. The van der Waals surface area contributed by atoms with Crippen molar-refractivity contribution in [3.05, 3.63) is 39.3 Å². The summed E-state index contributed by atoms with van der Waals surface area (Å²) in [7, 11) is 0. The van der Waals surface area contributed by atoms with E-state index in [1.165, 1.54) is 11.3 Å². The summed E-state index contributed by atoms with van der Waals surface area (Å²) in [6.07, 6.45) is 0. The molecule has 0 aliphatic heterocycles. The number of rotatable bonds is 4. The van der Waals surface area contributed by atoms with Crippen LogP contribution < -0.4 is 11.1 Å². The van der Waals surface area contributed by atoms with Gasteiger partial charge in [0.25, 0.3) is 0 Å². The lowest BCUT2D eigenvalue weighted by Crippen LogP contribution is -2.20. The van der Waals surface area contributed by atoms with Crippen molar-refractivity contribution in [3.8, 4) is 6.07 Å². The average molecular weight is 353 g/mol. The van der Waals surface area contributed by atoms with Crippen LogP contribution >= 0.6 is 27.3 Å². The molecule has 0 fully saturated rings. The molecule has 4 N–H and O–H groups in total. The molecule has 2 aromatic rings. The van der Waals surface area contributed by atoms with Crippen LogP contribution in [0.5, 0.6) is 0 Å². The predicted molar refractivity (Wildman–Crippen MR) is 78.8 cm³/mol. The lowest BCUT2D eigenvalue weighted by molar-refractivity contribution is -0.138. The quantitative estimate of drug-likeness (QED) is 0.779. The van der Waals surface area contributed by atoms with Crippen LogP contribution in [0.1, 0.15) is 17.3 Å². The van der Waals surface area contributed by atoms with Gasteiger partial charge in [0.1, 0.15) is 6.04 Å². The Hall–Kier alpha value is -1.95. The molecule has 1 unspecified atom stereocenters. The topological polar surface area (TPSA) is 112 Å². The van der Waals surface area contributed by atoms with Gasteiger partial charge in [-0.1, -0.05) is 0 Å². The standard InChI is InChI=1S/C12H9BrN4O2S/c13-7-3-6(4-14)1-2-8(7)16-12-17-9(5-20-12)10(15)11(18)19/h1-3,5,10H,15H2,(H,16,17)(H,18,19). The van der Waals surface area contributed by atoms with Gasteiger partial charge in [-0.05, 0) is 34.1 Å². The molecule has 1 atom stereocenters. The molecule has 0 saturated carbocycles. The van der Waals surface area contributed by atoms with Gasteiger partial charge in [0, 0.05) is 9.85 Å². The minimum Gasteiger partial charge on any atom is -0.480 e. The molecule has 8 heteroatoms. The number of nitriles is 1. The lowest BCUT2D eigenvalue weighted by Gasteiger charge is -2.05. The van der Waals surface area contributed by atoms with Crippen LogP contribution in [0.3, 0.4) is 0 Å². The zero-order valence-corrected chi connectivity index (χ0v) is 12.4. The molecule has 1 aromatic carbocycles. The number of nitrogens with two attached hydrogens (primary N) is 1. The van der Waals surface area contributed by atoms with E-state index in [-0.39, 0.29) is 0 Å². The summed E-state index contributed by atoms with van der Waals surface area (Å²) in [5, 5.41) is 22.8. The van der Waals surface area contributed by atoms with Gasteiger partial charge in [0.05, 0.1) is 23.0 Å². The summed E-state index contributed by atoms with van der Waals surface area (Å²) in [5.74, 6) is -1.12. The number of hydrogen-bond acceptors (Lipinski definition) is 6. The fourth-order valence-corrected chi connectivity index (χ4v) is 2.65. The van der Waals surface area contributed by atoms with Crippen molar-refractivity contribution >= 4 is 44.1 Å². The SMILES string of the molecule is N#Cc1ccc(Nc2nc(C(N)C(=O)O)cs2)c(Br)c1. The zero-order chi connectivity index (χ0) is 14.7. The van der Waals surface area contributed by atoms with Crippen molar-refractivity contribution in [1.82, 2.24) is 4.98 Å². The molecule has 0 saturated heterocycles. The summed E-state index contributed by atoms with van der Waals surface area (Å²) in [4.78, 5) is 14.9. The Morgan fingerprint density at radius 1 is 1.60 bits per heavy atom. The number of aromatic nitrogens is 1. The van der Waals surface area contributed by atoms with E-state index >= 15 is 0 Å². The second-order valence-corrected chi connectivity index (χ2v) is 5.54. The van der Waals surface area contributed by atoms with Gasteiger partial charge in [-0.15, -0.1) is 11.3 Å². The molecule has 0 bridgehead atoms. The third-order valence-corrected chi connectivity index (χ3v) is 3.88. The van der Waals surface area contributed by atoms with Crippen molar-refractivity contribution in [2.45, 2.75) is 6.04 Å². The molecule has 102 valence electrons. The predicted octanol–water partition coefficient (Wildman–Crippen LogP) is 2.61. The van der Waals surface area contributed by atoms with Gasteiger partial charge in [0.15, 0.2) is 5.13 Å². The van der Waals surface area contributed by atoms with Crippen LogP contribution in [0.2, 0.25) is 0 Å². The molecule has 0 spiro atoms. The van der Waals surface area contributed by atoms with Crippen LogP contribution in [-0.2, 0) is 4.79 Å². The second-order valence-electron chi connectivity index (χ2n) is 3.82. The zero-order valence-electron chi connectivity index (χ0n) is 10.0. The highest BCUT2D eigenvalue weighted by Gasteiger charge is 2.17. The lowest BCUT2D eigenvalue weighted by atomic mass is 10.2. The summed E-state index contributed by atoms with van der Waals surface area (Å²) >= 11 is 4.61. The Balaban J connectivity index is 2.19. The van der Waals surface area contributed by atoms with Gasteiger partial charge in [-0.3, -0.25) is 4.79 Å². The number of hydrogen-bond donors (Lipinski definition) is 3. The van der Waals surface area contributed by atoms with E-state index in [2.05, 4.69) is 26.2 Å². The molecule has 0 radical (unpaired) electrons. The Morgan fingerprint density at radius 2 is 2.35 bits per heavy atom. The molecular formula is C12H9BrN4O2S. The molecule has 0 aliphatic carbocycles. The maximum atomic E-state index is 10.8. The fourth-order valence-electron chi connectivity index (χ4n) is 1.41. The monoisotopic (exact) mass is 352 g/mol. The summed E-state index contributed by atoms with van der Waals surface area (Å²) in [5.41, 5.74) is 7.05. The third-order valence-electron chi connectivity index (χ3n) is 2.45. The summed E-state index contributed by atoms with van der Waals surface area (Å²) in [6.45, 7) is 0. The molecular weight excluding hydrogens is 344 g/mol. The van der Waals surface area contributed by atoms with Crippen molar-refractivity contribution in [2.75, 3.05) is 5.32 Å². The smallest absolute Gasteiger partial charge is 0.326 e. The number of carboxylic acid groups (broad SMARTS) is 1. The van der Waals surface area contributed by atoms with Crippen LogP contribution in [0, 0.1) is 11.3 Å².